The van der Waals surface area contributed by atoms with E-state index >= 15 is 0 Å². The van der Waals surface area contributed by atoms with E-state index in [0.29, 0.717) is 11.1 Å². The van der Waals surface area contributed by atoms with Crippen LogP contribution in [0.1, 0.15) is 11.7 Å². The number of nitrogens with zero attached hydrogens (tertiary/aromatic N) is 3. The van der Waals surface area contributed by atoms with Crippen LogP contribution in [-0.4, -0.2) is 20.5 Å². The molecule has 0 radical (unpaired) electrons. The van der Waals surface area contributed by atoms with Crippen LogP contribution in [0.5, 0.6) is 0 Å². The molecule has 0 aliphatic rings. The van der Waals surface area contributed by atoms with Crippen molar-refractivity contribution in [3.05, 3.63) is 60.2 Å². The second kappa shape index (κ2) is 6.42. The second-order valence-corrected chi connectivity index (χ2v) is 5.74. The van der Waals surface area contributed by atoms with Gasteiger partial charge in [0, 0.05) is 0 Å². The molecule has 2 aromatic carbocycles. The number of carbonyl (C=O) groups excluding carboxylic acids is 1. The lowest BCUT2D eigenvalue weighted by Gasteiger charge is -2.10. The summed E-state index contributed by atoms with van der Waals surface area (Å²) in [6.45, 7) is -0.906. The Morgan fingerprint density at radius 1 is 1.04 bits per heavy atom. The number of hydrogen-bond acceptors (Lipinski definition) is 5. The minimum Gasteiger partial charge on any atom is -0.454 e. The minimum absolute atomic E-state index is 0.150. The first kappa shape index (κ1) is 17.1. The number of aromatic nitrogens is 3. The van der Waals surface area contributed by atoms with Crippen molar-refractivity contribution in [1.29, 1.82) is 0 Å². The van der Waals surface area contributed by atoms with Gasteiger partial charge < -0.3 is 13.7 Å². The van der Waals surface area contributed by atoms with E-state index in [1.54, 1.807) is 36.4 Å². The number of imidazole rings is 1. The SMILES string of the molecule is O=C(Cn1c(C(F)(F)F)nc2ccccc21)OCc1nc2ccccc2o1. The molecule has 0 atom stereocenters. The fourth-order valence-electron chi connectivity index (χ4n) is 2.75. The number of carbonyl (C=O) groups is 1. The fourth-order valence-corrected chi connectivity index (χ4v) is 2.75. The van der Waals surface area contributed by atoms with Crippen LogP contribution >= 0.6 is 0 Å². The van der Waals surface area contributed by atoms with Crippen molar-refractivity contribution < 1.29 is 27.1 Å². The number of para-hydroxylation sites is 4. The Balaban J connectivity index is 1.54. The number of ether oxygens (including phenoxy) is 1. The summed E-state index contributed by atoms with van der Waals surface area (Å²) in [5, 5.41) is 0. The van der Waals surface area contributed by atoms with Crippen LogP contribution in [0.4, 0.5) is 13.2 Å². The molecule has 0 saturated heterocycles. The van der Waals surface area contributed by atoms with Gasteiger partial charge in [0.15, 0.2) is 12.2 Å². The summed E-state index contributed by atoms with van der Waals surface area (Å²) in [4.78, 5) is 19.8. The van der Waals surface area contributed by atoms with E-state index in [-0.39, 0.29) is 23.5 Å². The summed E-state index contributed by atoms with van der Waals surface area (Å²) in [6, 6.07) is 13.1. The van der Waals surface area contributed by atoms with Gasteiger partial charge in [-0.15, -0.1) is 0 Å². The Labute approximate surface area is 150 Å². The van der Waals surface area contributed by atoms with E-state index < -0.39 is 24.5 Å². The Bertz CT molecular complexity index is 1100. The molecule has 4 rings (SSSR count). The molecule has 4 aromatic rings. The smallest absolute Gasteiger partial charge is 0.449 e. The van der Waals surface area contributed by atoms with Crippen LogP contribution < -0.4 is 0 Å². The molecular formula is C18H12F3N3O3. The molecule has 138 valence electrons. The van der Waals surface area contributed by atoms with Gasteiger partial charge in [-0.05, 0) is 24.3 Å². The number of hydrogen-bond donors (Lipinski definition) is 0. The summed E-state index contributed by atoms with van der Waals surface area (Å²) < 4.78 is 51.0. The average Bonchev–Trinajstić information content (AvgIpc) is 3.21. The summed E-state index contributed by atoms with van der Waals surface area (Å²) >= 11 is 0. The Morgan fingerprint density at radius 2 is 1.74 bits per heavy atom. The second-order valence-electron chi connectivity index (χ2n) is 5.74. The maximum atomic E-state index is 13.2. The van der Waals surface area contributed by atoms with Gasteiger partial charge in [-0.25, -0.2) is 9.97 Å². The van der Waals surface area contributed by atoms with Crippen molar-refractivity contribution >= 4 is 28.1 Å². The molecule has 0 aliphatic carbocycles. The number of benzene rings is 2. The van der Waals surface area contributed by atoms with Crippen LogP contribution in [-0.2, 0) is 28.9 Å². The summed E-state index contributed by atoms with van der Waals surface area (Å²) in [5.74, 6) is -1.84. The summed E-state index contributed by atoms with van der Waals surface area (Å²) in [5.41, 5.74) is 1.48. The third-order valence-corrected chi connectivity index (χ3v) is 3.89. The van der Waals surface area contributed by atoms with E-state index in [9.17, 15) is 18.0 Å². The van der Waals surface area contributed by atoms with Crippen LogP contribution in [0, 0.1) is 0 Å². The minimum atomic E-state index is -4.69. The molecule has 0 aliphatic heterocycles. The van der Waals surface area contributed by atoms with Crippen LogP contribution in [0.15, 0.2) is 52.9 Å². The molecule has 0 amide bonds. The van der Waals surface area contributed by atoms with Gasteiger partial charge in [-0.1, -0.05) is 24.3 Å². The van der Waals surface area contributed by atoms with Gasteiger partial charge in [0.2, 0.25) is 11.7 Å². The van der Waals surface area contributed by atoms with Crippen LogP contribution in [0.2, 0.25) is 0 Å². The van der Waals surface area contributed by atoms with E-state index in [0.717, 1.165) is 4.57 Å². The largest absolute Gasteiger partial charge is 0.454 e. The Kier molecular flexibility index (Phi) is 4.06. The third-order valence-electron chi connectivity index (χ3n) is 3.89. The first-order valence-corrected chi connectivity index (χ1v) is 7.94. The number of esters is 1. The highest BCUT2D eigenvalue weighted by molar-refractivity contribution is 5.79. The normalized spacial score (nSPS) is 12.0. The van der Waals surface area contributed by atoms with E-state index in [1.807, 2.05) is 0 Å². The van der Waals surface area contributed by atoms with E-state index in [2.05, 4.69) is 9.97 Å². The fraction of sp³-hybridized carbons (Fsp3) is 0.167. The van der Waals surface area contributed by atoms with Crippen molar-refractivity contribution in [2.24, 2.45) is 0 Å². The highest BCUT2D eigenvalue weighted by Crippen LogP contribution is 2.31. The molecule has 0 bridgehead atoms. The van der Waals surface area contributed by atoms with Gasteiger partial charge in [-0.3, -0.25) is 4.79 Å². The molecule has 0 saturated carbocycles. The van der Waals surface area contributed by atoms with Crippen LogP contribution in [0.25, 0.3) is 22.1 Å². The molecule has 0 N–H and O–H groups in total. The number of rotatable bonds is 4. The lowest BCUT2D eigenvalue weighted by Crippen LogP contribution is -2.20. The summed E-state index contributed by atoms with van der Waals surface area (Å²) in [6.07, 6.45) is -4.69. The molecule has 0 unspecified atom stereocenters. The van der Waals surface area contributed by atoms with Gasteiger partial charge in [-0.2, -0.15) is 13.2 Å². The van der Waals surface area contributed by atoms with Gasteiger partial charge in [0.05, 0.1) is 11.0 Å². The first-order valence-electron chi connectivity index (χ1n) is 7.94. The molecule has 6 nitrogen and oxygen atoms in total. The zero-order valence-electron chi connectivity index (χ0n) is 13.7. The molecule has 9 heteroatoms. The molecule has 2 heterocycles. The predicted molar refractivity (Wildman–Crippen MR) is 88.5 cm³/mol. The predicted octanol–water partition coefficient (Wildman–Crippen LogP) is 3.94. The lowest BCUT2D eigenvalue weighted by atomic mass is 10.3. The molecule has 2 aromatic heterocycles. The Hall–Kier alpha value is -3.36. The molecular weight excluding hydrogens is 363 g/mol. The van der Waals surface area contributed by atoms with Gasteiger partial charge in [0.25, 0.3) is 0 Å². The lowest BCUT2D eigenvalue weighted by molar-refractivity contribution is -0.151. The zero-order chi connectivity index (χ0) is 19.0. The first-order chi connectivity index (χ1) is 12.9. The molecule has 27 heavy (non-hydrogen) atoms. The number of oxazole rings is 1. The highest BCUT2D eigenvalue weighted by atomic mass is 19.4. The van der Waals surface area contributed by atoms with Crippen molar-refractivity contribution in [1.82, 2.24) is 14.5 Å². The van der Waals surface area contributed by atoms with Crippen LogP contribution in [0.3, 0.4) is 0 Å². The molecule has 0 spiro atoms. The maximum Gasteiger partial charge on any atom is 0.449 e. The van der Waals surface area contributed by atoms with Gasteiger partial charge >= 0.3 is 12.1 Å². The number of alkyl halides is 3. The van der Waals surface area contributed by atoms with Crippen molar-refractivity contribution in [3.8, 4) is 0 Å². The van der Waals surface area contributed by atoms with Gasteiger partial charge in [0.1, 0.15) is 12.1 Å². The maximum absolute atomic E-state index is 13.2. The topological polar surface area (TPSA) is 70.2 Å². The quantitative estimate of drug-likeness (QED) is 0.506. The third kappa shape index (κ3) is 3.35. The van der Waals surface area contributed by atoms with Crippen molar-refractivity contribution in [2.45, 2.75) is 19.3 Å². The zero-order valence-corrected chi connectivity index (χ0v) is 13.7. The number of halogens is 3. The van der Waals surface area contributed by atoms with Crippen molar-refractivity contribution in [3.63, 3.8) is 0 Å². The standard InChI is InChI=1S/C18H12F3N3O3/c19-18(20,21)17-23-11-5-1-3-7-13(11)24(17)9-16(25)26-10-15-22-12-6-2-4-8-14(12)27-15/h1-8H,9-10H2. The average molecular weight is 375 g/mol. The Morgan fingerprint density at radius 3 is 2.48 bits per heavy atom. The van der Waals surface area contributed by atoms with E-state index in [4.69, 9.17) is 9.15 Å². The monoisotopic (exact) mass is 375 g/mol. The van der Waals surface area contributed by atoms with Crippen molar-refractivity contribution in [2.75, 3.05) is 0 Å². The molecule has 0 fully saturated rings. The summed E-state index contributed by atoms with van der Waals surface area (Å²) in [7, 11) is 0. The highest BCUT2D eigenvalue weighted by Gasteiger charge is 2.38. The van der Waals surface area contributed by atoms with E-state index in [1.165, 1.54) is 12.1 Å². The number of fused-ring (bicyclic) bond motifs is 2.